The van der Waals surface area contributed by atoms with E-state index in [1.807, 2.05) is 6.08 Å². The van der Waals surface area contributed by atoms with E-state index in [1.54, 1.807) is 7.11 Å². The van der Waals surface area contributed by atoms with Gasteiger partial charge in [0, 0.05) is 7.11 Å². The van der Waals surface area contributed by atoms with Crippen LogP contribution in [0.4, 0.5) is 0 Å². The normalized spacial score (nSPS) is 21.5. The van der Waals surface area contributed by atoms with Crippen LogP contribution in [0.15, 0.2) is 12.2 Å². The largest absolute Gasteiger partial charge is 0.463 e. The quantitative estimate of drug-likeness (QED) is 0.377. The number of esters is 1. The molecule has 3 heteroatoms. The van der Waals surface area contributed by atoms with Gasteiger partial charge in [0.05, 0.1) is 12.5 Å². The van der Waals surface area contributed by atoms with Crippen molar-refractivity contribution in [3.8, 4) is 0 Å². The van der Waals surface area contributed by atoms with Crippen LogP contribution in [-0.4, -0.2) is 26.3 Å². The van der Waals surface area contributed by atoms with Gasteiger partial charge < -0.3 is 9.47 Å². The molecule has 1 rings (SSSR count). The first-order valence-corrected chi connectivity index (χ1v) is 4.65. The van der Waals surface area contributed by atoms with Gasteiger partial charge in [0.25, 0.3) is 0 Å². The molecule has 0 spiro atoms. The number of methoxy groups -OCH3 is 1. The van der Waals surface area contributed by atoms with Gasteiger partial charge in [-0.3, -0.25) is 4.79 Å². The molecule has 1 aliphatic carbocycles. The van der Waals surface area contributed by atoms with Crippen molar-refractivity contribution in [2.24, 2.45) is 5.92 Å². The van der Waals surface area contributed by atoms with Gasteiger partial charge in [0.15, 0.2) is 0 Å². The van der Waals surface area contributed by atoms with E-state index in [1.165, 1.54) is 0 Å². The molecule has 1 atom stereocenters. The minimum atomic E-state index is -0.0820. The summed E-state index contributed by atoms with van der Waals surface area (Å²) in [6, 6.07) is 0. The second-order valence-corrected chi connectivity index (χ2v) is 3.14. The van der Waals surface area contributed by atoms with Gasteiger partial charge in [-0.15, -0.1) is 0 Å². The number of allylic oxidation sites excluding steroid dienone is 2. The second kappa shape index (κ2) is 5.75. The molecule has 0 aromatic carbocycles. The van der Waals surface area contributed by atoms with Gasteiger partial charge in [-0.05, 0) is 19.3 Å². The fourth-order valence-electron chi connectivity index (χ4n) is 1.35. The smallest absolute Gasteiger partial charge is 0.309 e. The van der Waals surface area contributed by atoms with Gasteiger partial charge in [-0.25, -0.2) is 0 Å². The van der Waals surface area contributed by atoms with Crippen molar-refractivity contribution in [2.75, 3.05) is 20.3 Å². The van der Waals surface area contributed by atoms with Gasteiger partial charge in [-0.2, -0.15) is 0 Å². The molecule has 0 heterocycles. The molecular weight excluding hydrogens is 168 g/mol. The Bertz CT molecular complexity index is 187. The maximum absolute atomic E-state index is 11.4. The van der Waals surface area contributed by atoms with Crippen LogP contribution in [0.3, 0.4) is 0 Å². The molecule has 0 saturated heterocycles. The number of hydrogen-bond donors (Lipinski definition) is 0. The van der Waals surface area contributed by atoms with E-state index < -0.39 is 0 Å². The number of carbonyl (C=O) groups is 1. The third-order valence-corrected chi connectivity index (χ3v) is 2.13. The molecule has 0 N–H and O–H groups in total. The second-order valence-electron chi connectivity index (χ2n) is 3.14. The molecular formula is C10H16O3. The van der Waals surface area contributed by atoms with Crippen LogP contribution in [0, 0.1) is 5.92 Å². The van der Waals surface area contributed by atoms with Gasteiger partial charge in [0.1, 0.15) is 6.61 Å². The zero-order chi connectivity index (χ0) is 9.52. The molecule has 0 amide bonds. The first-order valence-electron chi connectivity index (χ1n) is 4.65. The number of hydrogen-bond acceptors (Lipinski definition) is 3. The summed E-state index contributed by atoms with van der Waals surface area (Å²) in [6.45, 7) is 0.851. The van der Waals surface area contributed by atoms with Gasteiger partial charge in [0.2, 0.25) is 0 Å². The number of carbonyl (C=O) groups excluding carboxylic acids is 1. The van der Waals surface area contributed by atoms with E-state index in [-0.39, 0.29) is 11.9 Å². The number of rotatable bonds is 4. The first-order chi connectivity index (χ1) is 6.34. The topological polar surface area (TPSA) is 35.5 Å². The van der Waals surface area contributed by atoms with Crippen LogP contribution in [0.1, 0.15) is 19.3 Å². The van der Waals surface area contributed by atoms with Crippen LogP contribution in [0.2, 0.25) is 0 Å². The highest BCUT2D eigenvalue weighted by molar-refractivity contribution is 5.72. The standard InChI is InChI=1S/C10H16O3/c1-12-7-8-13-10(11)9-5-3-2-4-6-9/h2-3,9H,4-8H2,1H3. The van der Waals surface area contributed by atoms with Crippen molar-refractivity contribution in [1.29, 1.82) is 0 Å². The molecule has 3 nitrogen and oxygen atoms in total. The third kappa shape index (κ3) is 3.59. The minimum Gasteiger partial charge on any atom is -0.463 e. The van der Waals surface area contributed by atoms with E-state index in [9.17, 15) is 4.79 Å². The molecule has 0 saturated carbocycles. The molecule has 0 bridgehead atoms. The summed E-state index contributed by atoms with van der Waals surface area (Å²) in [7, 11) is 1.59. The lowest BCUT2D eigenvalue weighted by Crippen LogP contribution is -2.20. The molecule has 0 fully saturated rings. The minimum absolute atomic E-state index is 0.0712. The Kier molecular flexibility index (Phi) is 4.54. The van der Waals surface area contributed by atoms with E-state index in [4.69, 9.17) is 9.47 Å². The SMILES string of the molecule is COCCOC(=O)C1CC=CCC1. The molecule has 0 aromatic heterocycles. The van der Waals surface area contributed by atoms with Crippen LogP contribution in [0.25, 0.3) is 0 Å². The molecule has 0 radical (unpaired) electrons. The van der Waals surface area contributed by atoms with Crippen LogP contribution < -0.4 is 0 Å². The van der Waals surface area contributed by atoms with Crippen LogP contribution in [-0.2, 0) is 14.3 Å². The molecule has 1 unspecified atom stereocenters. The Morgan fingerprint density at radius 1 is 1.46 bits per heavy atom. The molecule has 74 valence electrons. The Hall–Kier alpha value is -0.830. The van der Waals surface area contributed by atoms with Crippen molar-refractivity contribution in [3.05, 3.63) is 12.2 Å². The predicted octanol–water partition coefficient (Wildman–Crippen LogP) is 1.53. The van der Waals surface area contributed by atoms with Crippen molar-refractivity contribution in [2.45, 2.75) is 19.3 Å². The highest BCUT2D eigenvalue weighted by Gasteiger charge is 2.19. The Balaban J connectivity index is 2.18. The van der Waals surface area contributed by atoms with Crippen LogP contribution in [0.5, 0.6) is 0 Å². The predicted molar refractivity (Wildman–Crippen MR) is 49.3 cm³/mol. The molecule has 13 heavy (non-hydrogen) atoms. The molecule has 0 aromatic rings. The first kappa shape index (κ1) is 10.3. The summed E-state index contributed by atoms with van der Waals surface area (Å²) in [4.78, 5) is 11.4. The van der Waals surface area contributed by atoms with Gasteiger partial charge in [-0.1, -0.05) is 12.2 Å². The van der Waals surface area contributed by atoms with Crippen molar-refractivity contribution in [1.82, 2.24) is 0 Å². The zero-order valence-corrected chi connectivity index (χ0v) is 7.99. The lowest BCUT2D eigenvalue weighted by Gasteiger charge is -2.15. The maximum Gasteiger partial charge on any atom is 0.309 e. The Morgan fingerprint density at radius 3 is 2.92 bits per heavy atom. The van der Waals surface area contributed by atoms with E-state index >= 15 is 0 Å². The average molecular weight is 184 g/mol. The molecule has 1 aliphatic rings. The zero-order valence-electron chi connectivity index (χ0n) is 7.99. The van der Waals surface area contributed by atoms with Crippen molar-refractivity contribution in [3.63, 3.8) is 0 Å². The lowest BCUT2D eigenvalue weighted by atomic mass is 9.95. The molecule has 0 aliphatic heterocycles. The summed E-state index contributed by atoms with van der Waals surface area (Å²) in [5.74, 6) is -0.0109. The van der Waals surface area contributed by atoms with Crippen molar-refractivity contribution >= 4 is 5.97 Å². The average Bonchev–Trinajstić information content (AvgIpc) is 2.19. The highest BCUT2D eigenvalue weighted by atomic mass is 16.6. The van der Waals surface area contributed by atoms with Crippen LogP contribution >= 0.6 is 0 Å². The van der Waals surface area contributed by atoms with Gasteiger partial charge >= 0.3 is 5.97 Å². The maximum atomic E-state index is 11.4. The van der Waals surface area contributed by atoms with Crippen molar-refractivity contribution < 1.29 is 14.3 Å². The lowest BCUT2D eigenvalue weighted by molar-refractivity contribution is -0.150. The summed E-state index contributed by atoms with van der Waals surface area (Å²) in [5, 5.41) is 0. The third-order valence-electron chi connectivity index (χ3n) is 2.13. The van der Waals surface area contributed by atoms with E-state index in [0.717, 1.165) is 19.3 Å². The van der Waals surface area contributed by atoms with E-state index in [2.05, 4.69) is 6.08 Å². The summed E-state index contributed by atoms with van der Waals surface area (Å²) < 4.78 is 9.81. The Labute approximate surface area is 78.7 Å². The fourth-order valence-corrected chi connectivity index (χ4v) is 1.35. The fraction of sp³-hybridized carbons (Fsp3) is 0.700. The Morgan fingerprint density at radius 2 is 2.31 bits per heavy atom. The van der Waals surface area contributed by atoms with E-state index in [0.29, 0.717) is 13.2 Å². The summed E-state index contributed by atoms with van der Waals surface area (Å²) >= 11 is 0. The summed E-state index contributed by atoms with van der Waals surface area (Å²) in [6.07, 6.45) is 6.89. The summed E-state index contributed by atoms with van der Waals surface area (Å²) in [5.41, 5.74) is 0. The monoisotopic (exact) mass is 184 g/mol. The highest BCUT2D eigenvalue weighted by Crippen LogP contribution is 2.19. The number of ether oxygens (including phenoxy) is 2.